The Morgan fingerprint density at radius 3 is 2.89 bits per heavy atom. The average Bonchev–Trinajstić information content (AvgIpc) is 2.78. The first kappa shape index (κ1) is 13.3. The quantitative estimate of drug-likeness (QED) is 0.869. The predicted molar refractivity (Wildman–Crippen MR) is 73.7 cm³/mol. The SMILES string of the molecule is CCOc1cncc(C(NC)C2CCC(C)C2)c1. The lowest BCUT2D eigenvalue weighted by atomic mass is 9.92. The van der Waals surface area contributed by atoms with Gasteiger partial charge in [-0.05, 0) is 50.3 Å². The van der Waals surface area contributed by atoms with E-state index in [1.54, 1.807) is 6.20 Å². The highest BCUT2D eigenvalue weighted by Gasteiger charge is 2.29. The molecule has 0 aromatic carbocycles. The summed E-state index contributed by atoms with van der Waals surface area (Å²) in [7, 11) is 2.04. The fraction of sp³-hybridized carbons (Fsp3) is 0.667. The summed E-state index contributed by atoms with van der Waals surface area (Å²) in [4.78, 5) is 4.30. The molecule has 1 fully saturated rings. The molecule has 3 atom stereocenters. The van der Waals surface area contributed by atoms with Crippen molar-refractivity contribution in [2.75, 3.05) is 13.7 Å². The minimum Gasteiger partial charge on any atom is -0.492 e. The van der Waals surface area contributed by atoms with Gasteiger partial charge in [-0.1, -0.05) is 13.3 Å². The molecule has 100 valence electrons. The van der Waals surface area contributed by atoms with Crippen LogP contribution in [0.2, 0.25) is 0 Å². The molecule has 3 nitrogen and oxygen atoms in total. The number of rotatable bonds is 5. The molecule has 0 aliphatic heterocycles. The summed E-state index contributed by atoms with van der Waals surface area (Å²) >= 11 is 0. The second-order valence-corrected chi connectivity index (χ2v) is 5.33. The molecule has 1 aliphatic rings. The maximum atomic E-state index is 5.53. The van der Waals surface area contributed by atoms with Crippen LogP contribution in [0, 0.1) is 11.8 Å². The molecule has 1 aromatic rings. The van der Waals surface area contributed by atoms with Crippen molar-refractivity contribution >= 4 is 0 Å². The van der Waals surface area contributed by atoms with Crippen LogP contribution in [0.15, 0.2) is 18.5 Å². The van der Waals surface area contributed by atoms with Gasteiger partial charge in [0.05, 0.1) is 12.8 Å². The van der Waals surface area contributed by atoms with Crippen LogP contribution in [0.3, 0.4) is 0 Å². The fourth-order valence-electron chi connectivity index (χ4n) is 3.08. The standard InChI is InChI=1S/C15H24N2O/c1-4-18-14-8-13(9-17-10-14)15(16-3)12-6-5-11(2)7-12/h8-12,15-16H,4-7H2,1-3H3. The molecule has 1 aromatic heterocycles. The molecule has 1 heterocycles. The van der Waals surface area contributed by atoms with E-state index in [0.29, 0.717) is 12.6 Å². The second-order valence-electron chi connectivity index (χ2n) is 5.33. The van der Waals surface area contributed by atoms with Gasteiger partial charge in [-0.2, -0.15) is 0 Å². The van der Waals surface area contributed by atoms with Crippen LogP contribution >= 0.6 is 0 Å². The van der Waals surface area contributed by atoms with Gasteiger partial charge >= 0.3 is 0 Å². The number of hydrogen-bond donors (Lipinski definition) is 1. The van der Waals surface area contributed by atoms with Gasteiger partial charge in [0.2, 0.25) is 0 Å². The van der Waals surface area contributed by atoms with E-state index in [1.807, 2.05) is 20.2 Å². The summed E-state index contributed by atoms with van der Waals surface area (Å²) in [5, 5.41) is 3.45. The Bertz CT molecular complexity index is 381. The molecule has 3 unspecified atom stereocenters. The minimum atomic E-state index is 0.405. The Morgan fingerprint density at radius 1 is 1.44 bits per heavy atom. The third-order valence-corrected chi connectivity index (χ3v) is 3.92. The van der Waals surface area contributed by atoms with E-state index < -0.39 is 0 Å². The van der Waals surface area contributed by atoms with Gasteiger partial charge < -0.3 is 10.1 Å². The number of pyridine rings is 1. The van der Waals surface area contributed by atoms with E-state index in [2.05, 4.69) is 23.3 Å². The van der Waals surface area contributed by atoms with E-state index in [9.17, 15) is 0 Å². The zero-order chi connectivity index (χ0) is 13.0. The Labute approximate surface area is 110 Å². The Balaban J connectivity index is 2.13. The molecule has 2 rings (SSSR count). The molecule has 1 aliphatic carbocycles. The Morgan fingerprint density at radius 2 is 2.28 bits per heavy atom. The van der Waals surface area contributed by atoms with E-state index in [4.69, 9.17) is 4.74 Å². The molecular formula is C15H24N2O. The molecule has 0 amide bonds. The monoisotopic (exact) mass is 248 g/mol. The highest BCUT2D eigenvalue weighted by Crippen LogP contribution is 2.39. The van der Waals surface area contributed by atoms with Gasteiger partial charge in [0.25, 0.3) is 0 Å². The smallest absolute Gasteiger partial charge is 0.137 e. The van der Waals surface area contributed by atoms with Gasteiger partial charge in [-0.25, -0.2) is 0 Å². The maximum absolute atomic E-state index is 5.53. The molecule has 0 spiro atoms. The molecular weight excluding hydrogens is 224 g/mol. The predicted octanol–water partition coefficient (Wildman–Crippen LogP) is 3.18. The van der Waals surface area contributed by atoms with Gasteiger partial charge in [-0.15, -0.1) is 0 Å². The van der Waals surface area contributed by atoms with Crippen molar-refractivity contribution in [3.05, 3.63) is 24.0 Å². The first-order valence-corrected chi connectivity index (χ1v) is 6.99. The van der Waals surface area contributed by atoms with E-state index in [1.165, 1.54) is 24.8 Å². The molecule has 3 heteroatoms. The number of nitrogens with zero attached hydrogens (tertiary/aromatic N) is 1. The number of aromatic nitrogens is 1. The van der Waals surface area contributed by atoms with Crippen LogP contribution < -0.4 is 10.1 Å². The lowest BCUT2D eigenvalue weighted by Gasteiger charge is -2.23. The van der Waals surface area contributed by atoms with Crippen molar-refractivity contribution in [3.63, 3.8) is 0 Å². The largest absolute Gasteiger partial charge is 0.492 e. The zero-order valence-electron chi connectivity index (χ0n) is 11.6. The summed E-state index contributed by atoms with van der Waals surface area (Å²) < 4.78 is 5.53. The van der Waals surface area contributed by atoms with Crippen molar-refractivity contribution < 1.29 is 4.74 Å². The average molecular weight is 248 g/mol. The third kappa shape index (κ3) is 3.02. The summed E-state index contributed by atoms with van der Waals surface area (Å²) in [6.07, 6.45) is 7.72. The summed E-state index contributed by atoms with van der Waals surface area (Å²) in [5.41, 5.74) is 1.25. The van der Waals surface area contributed by atoms with E-state index in [-0.39, 0.29) is 0 Å². The summed E-state index contributed by atoms with van der Waals surface area (Å²) in [6.45, 7) is 5.04. The summed E-state index contributed by atoms with van der Waals surface area (Å²) in [5.74, 6) is 2.46. The van der Waals surface area contributed by atoms with Crippen molar-refractivity contribution in [3.8, 4) is 5.75 Å². The maximum Gasteiger partial charge on any atom is 0.137 e. The second kappa shape index (κ2) is 6.19. The Hall–Kier alpha value is -1.09. The molecule has 18 heavy (non-hydrogen) atoms. The first-order valence-electron chi connectivity index (χ1n) is 6.99. The van der Waals surface area contributed by atoms with Crippen molar-refractivity contribution in [2.24, 2.45) is 11.8 Å². The molecule has 1 saturated carbocycles. The van der Waals surface area contributed by atoms with Crippen LogP contribution in [0.5, 0.6) is 5.75 Å². The van der Waals surface area contributed by atoms with Crippen LogP contribution in [-0.4, -0.2) is 18.6 Å². The van der Waals surface area contributed by atoms with Crippen molar-refractivity contribution in [1.29, 1.82) is 0 Å². The third-order valence-electron chi connectivity index (χ3n) is 3.92. The molecule has 0 saturated heterocycles. The zero-order valence-corrected chi connectivity index (χ0v) is 11.6. The van der Waals surface area contributed by atoms with Gasteiger partial charge in [0.15, 0.2) is 0 Å². The van der Waals surface area contributed by atoms with Crippen LogP contribution in [0.4, 0.5) is 0 Å². The van der Waals surface area contributed by atoms with E-state index in [0.717, 1.165) is 17.6 Å². The number of nitrogens with one attached hydrogen (secondary N) is 1. The summed E-state index contributed by atoms with van der Waals surface area (Å²) in [6, 6.07) is 2.53. The minimum absolute atomic E-state index is 0.405. The van der Waals surface area contributed by atoms with Gasteiger partial charge in [-0.3, -0.25) is 4.98 Å². The molecule has 0 radical (unpaired) electrons. The van der Waals surface area contributed by atoms with Gasteiger partial charge in [0, 0.05) is 12.2 Å². The normalized spacial score (nSPS) is 25.1. The molecule has 1 N–H and O–H groups in total. The Kier molecular flexibility index (Phi) is 4.59. The fourth-order valence-corrected chi connectivity index (χ4v) is 3.08. The number of hydrogen-bond acceptors (Lipinski definition) is 3. The van der Waals surface area contributed by atoms with E-state index >= 15 is 0 Å². The number of ether oxygens (including phenoxy) is 1. The van der Waals surface area contributed by atoms with Crippen molar-refractivity contribution in [2.45, 2.75) is 39.2 Å². The van der Waals surface area contributed by atoms with Crippen LogP contribution in [-0.2, 0) is 0 Å². The topological polar surface area (TPSA) is 34.1 Å². The van der Waals surface area contributed by atoms with Gasteiger partial charge in [0.1, 0.15) is 5.75 Å². The highest BCUT2D eigenvalue weighted by molar-refractivity contribution is 5.26. The molecule has 0 bridgehead atoms. The van der Waals surface area contributed by atoms with Crippen LogP contribution in [0.25, 0.3) is 0 Å². The highest BCUT2D eigenvalue weighted by atomic mass is 16.5. The lowest BCUT2D eigenvalue weighted by Crippen LogP contribution is -2.24. The van der Waals surface area contributed by atoms with Crippen molar-refractivity contribution in [1.82, 2.24) is 10.3 Å². The van der Waals surface area contributed by atoms with Crippen LogP contribution in [0.1, 0.15) is 44.7 Å². The first-order chi connectivity index (χ1) is 8.74. The lowest BCUT2D eigenvalue weighted by molar-refractivity contribution is 0.335.